The number of nitrogens with one attached hydrogen (secondary N) is 2. The molecule has 1 aromatic heterocycles. The van der Waals surface area contributed by atoms with Gasteiger partial charge >= 0.3 is 11.9 Å². The number of nitrogens with zero attached hydrogens (tertiary/aromatic N) is 3. The normalized spacial score (nSPS) is 14.0. The molecule has 18 nitrogen and oxygen atoms in total. The Morgan fingerprint density at radius 2 is 1.48 bits per heavy atom. The van der Waals surface area contributed by atoms with Crippen molar-refractivity contribution >= 4 is 69.8 Å². The van der Waals surface area contributed by atoms with E-state index in [2.05, 4.69) is 15.6 Å². The molecule has 0 aliphatic heterocycles. The third kappa shape index (κ3) is 23.5. The van der Waals surface area contributed by atoms with Crippen molar-refractivity contribution in [1.29, 1.82) is 0 Å². The molecule has 2 rings (SSSR count). The van der Waals surface area contributed by atoms with Crippen LogP contribution in [0.15, 0.2) is 23.6 Å². The summed E-state index contributed by atoms with van der Waals surface area (Å²) in [4.78, 5) is 126. The van der Waals surface area contributed by atoms with E-state index >= 15 is 0 Å². The number of Topliss-reactive ketones (excluding diaryl/α,β-unsaturated/α-hetero) is 4. The summed E-state index contributed by atoms with van der Waals surface area (Å²) in [6.07, 6.45) is 11.4. The second-order valence-electron chi connectivity index (χ2n) is 22.5. The van der Waals surface area contributed by atoms with Crippen LogP contribution in [0.3, 0.4) is 0 Å². The predicted molar refractivity (Wildman–Crippen MR) is 304 cm³/mol. The summed E-state index contributed by atoms with van der Waals surface area (Å²) >= 11 is 1.12. The lowest BCUT2D eigenvalue weighted by molar-refractivity contribution is -0.160. The maximum Gasteiger partial charge on any atom is 0.309 e. The molecule has 0 aliphatic carbocycles. The number of hydrogen-bond donors (Lipinski definition) is 3. The summed E-state index contributed by atoms with van der Waals surface area (Å²) in [5.41, 5.74) is -0.844. The van der Waals surface area contributed by atoms with Crippen LogP contribution in [-0.4, -0.2) is 130 Å². The monoisotopic (exact) mass is 1120 g/mol. The number of carbonyl (C=O) groups excluding carboxylic acids is 9. The number of thiazole rings is 1. The van der Waals surface area contributed by atoms with E-state index in [1.54, 1.807) is 57.2 Å². The van der Waals surface area contributed by atoms with Gasteiger partial charge in [-0.25, -0.2) is 4.98 Å². The number of aromatic nitrogens is 1. The van der Waals surface area contributed by atoms with Crippen LogP contribution in [-0.2, 0) is 59.0 Å². The minimum absolute atomic E-state index is 0.00110. The van der Waals surface area contributed by atoms with Crippen LogP contribution in [0.5, 0.6) is 5.75 Å². The standard InChI is InChI=1S/C60H87N5O13S/c1-17-38(6)46(34-53(71)60(12,13)64(14)15)57(74)65(16)49(37(4)5)35-52(77-40(8)66)56-63-48(36-79-56)55(73)61-43(31-39(7)58(75)78-59(9,10)11)32-41-22-27-51(70)47(33-41)62-54(72)28-30-76-29-20-21-50(69)42(23-25-44(67)18-2)24-26-45(68)19-3/h2-3,22,27,33,36-39,42-43,46,49,52,70H,17,20-21,23-26,28-32,34-35H2,1,4-16H3,(H,61,73)(H,62,72)/t38-,39?,43+,46-,49+,52+/m0/s1. The van der Waals surface area contributed by atoms with Gasteiger partial charge in [-0.2, -0.15) is 0 Å². The first kappa shape index (κ1) is 68.8. The van der Waals surface area contributed by atoms with Crippen molar-refractivity contribution in [1.82, 2.24) is 20.1 Å². The first-order valence-electron chi connectivity index (χ1n) is 27.2. The van der Waals surface area contributed by atoms with E-state index in [1.165, 1.54) is 13.0 Å². The average molecular weight is 1120 g/mol. The van der Waals surface area contributed by atoms with Gasteiger partial charge < -0.3 is 34.9 Å². The Balaban J connectivity index is 2.30. The lowest BCUT2D eigenvalue weighted by atomic mass is 9.81. The number of esters is 2. The molecule has 436 valence electrons. The molecule has 6 atom stereocenters. The summed E-state index contributed by atoms with van der Waals surface area (Å²) in [6.45, 7) is 19.9. The number of rotatable bonds is 35. The Kier molecular flexibility index (Phi) is 28.5. The molecule has 2 aromatic rings. The van der Waals surface area contributed by atoms with Crippen LogP contribution >= 0.6 is 11.3 Å². The number of carbonyl (C=O) groups is 9. The van der Waals surface area contributed by atoms with Crippen molar-refractivity contribution in [3.8, 4) is 30.4 Å². The summed E-state index contributed by atoms with van der Waals surface area (Å²) in [5.74, 6) is -1.59. The number of benzene rings is 1. The van der Waals surface area contributed by atoms with Gasteiger partial charge in [0, 0.05) is 82.0 Å². The highest BCUT2D eigenvalue weighted by Gasteiger charge is 2.39. The molecule has 0 fully saturated rings. The smallest absolute Gasteiger partial charge is 0.309 e. The topological polar surface area (TPSA) is 245 Å². The van der Waals surface area contributed by atoms with Crippen molar-refractivity contribution < 1.29 is 62.5 Å². The Morgan fingerprint density at radius 3 is 2.03 bits per heavy atom. The van der Waals surface area contributed by atoms with Crippen molar-refractivity contribution in [2.24, 2.45) is 29.6 Å². The van der Waals surface area contributed by atoms with Crippen LogP contribution < -0.4 is 10.6 Å². The van der Waals surface area contributed by atoms with Gasteiger partial charge in [-0.15, -0.1) is 24.2 Å². The average Bonchev–Trinajstić information content (AvgIpc) is 3.88. The van der Waals surface area contributed by atoms with E-state index in [0.717, 1.165) is 11.3 Å². The molecule has 3 amide bonds. The maximum absolute atomic E-state index is 14.4. The summed E-state index contributed by atoms with van der Waals surface area (Å²) in [6, 6.07) is 3.43. The van der Waals surface area contributed by atoms with Gasteiger partial charge in [0.25, 0.3) is 5.91 Å². The second kappa shape index (κ2) is 32.7. The van der Waals surface area contributed by atoms with Gasteiger partial charge in [-0.1, -0.05) is 47.1 Å². The zero-order chi connectivity index (χ0) is 59.9. The fourth-order valence-electron chi connectivity index (χ4n) is 8.70. The van der Waals surface area contributed by atoms with Gasteiger partial charge in [0.05, 0.1) is 30.2 Å². The third-order valence-corrected chi connectivity index (χ3v) is 15.2. The van der Waals surface area contributed by atoms with E-state index in [0.29, 0.717) is 23.4 Å². The lowest BCUT2D eigenvalue weighted by Crippen LogP contribution is -2.50. The van der Waals surface area contributed by atoms with Gasteiger partial charge in [0.2, 0.25) is 23.4 Å². The van der Waals surface area contributed by atoms with E-state index in [9.17, 15) is 48.3 Å². The minimum atomic E-state index is -0.938. The molecule has 0 spiro atoms. The van der Waals surface area contributed by atoms with Crippen LogP contribution in [0.2, 0.25) is 0 Å². The molecule has 1 unspecified atom stereocenters. The van der Waals surface area contributed by atoms with Gasteiger partial charge in [0.1, 0.15) is 27.8 Å². The summed E-state index contributed by atoms with van der Waals surface area (Å²) < 4.78 is 17.1. The quantitative estimate of drug-likeness (QED) is 0.0193. The van der Waals surface area contributed by atoms with Crippen LogP contribution in [0.25, 0.3) is 0 Å². The highest BCUT2D eigenvalue weighted by Crippen LogP contribution is 2.34. The fraction of sp³-hybridized carbons (Fsp3) is 0.633. The SMILES string of the molecule is C#CC(=O)CCC(CCC(=O)C#C)C(=O)CCCOCCC(=O)Nc1cc(C[C@@H](CC(C)C(=O)OC(C)(C)C)NC(=O)c2csc([C@@H](C[C@H](C(C)C)N(C)C(=O)[C@@H](CC(=O)C(C)(C)N(C)C)[C@@H](C)CC)OC(C)=O)n2)ccc1O. The number of ether oxygens (including phenoxy) is 3. The van der Waals surface area contributed by atoms with Gasteiger partial charge in [0.15, 0.2) is 11.9 Å². The molecule has 0 aliphatic rings. The second-order valence-corrected chi connectivity index (χ2v) is 23.4. The largest absolute Gasteiger partial charge is 0.506 e. The molecule has 0 radical (unpaired) electrons. The third-order valence-electron chi connectivity index (χ3n) is 14.3. The molecule has 3 N–H and O–H groups in total. The van der Waals surface area contributed by atoms with E-state index in [-0.39, 0.29) is 124 Å². The predicted octanol–water partition coefficient (Wildman–Crippen LogP) is 8.27. The van der Waals surface area contributed by atoms with Gasteiger partial charge in [-0.3, -0.25) is 48.1 Å². The molecule has 0 bridgehead atoms. The highest BCUT2D eigenvalue weighted by molar-refractivity contribution is 7.09. The Morgan fingerprint density at radius 1 is 0.861 bits per heavy atom. The molecule has 0 saturated carbocycles. The number of terminal acetylenes is 2. The zero-order valence-corrected chi connectivity index (χ0v) is 49.9. The first-order valence-corrected chi connectivity index (χ1v) is 28.1. The van der Waals surface area contributed by atoms with E-state index in [4.69, 9.17) is 27.1 Å². The number of aromatic hydroxyl groups is 1. The molecular weight excluding hydrogens is 1030 g/mol. The van der Waals surface area contributed by atoms with Crippen LogP contribution in [0.4, 0.5) is 5.69 Å². The molecule has 0 saturated heterocycles. The number of ketones is 4. The van der Waals surface area contributed by atoms with Crippen molar-refractivity contribution in [2.45, 2.75) is 183 Å². The van der Waals surface area contributed by atoms with Crippen molar-refractivity contribution in [2.75, 3.05) is 39.7 Å². The zero-order valence-electron chi connectivity index (χ0n) is 49.1. The van der Waals surface area contributed by atoms with E-state index in [1.807, 2.05) is 72.4 Å². The lowest BCUT2D eigenvalue weighted by Gasteiger charge is -2.38. The summed E-state index contributed by atoms with van der Waals surface area (Å²) in [7, 11) is 5.37. The number of anilines is 1. The number of hydrogen-bond acceptors (Lipinski definition) is 16. The summed E-state index contributed by atoms with van der Waals surface area (Å²) in [5, 5.41) is 18.4. The van der Waals surface area contributed by atoms with Crippen LogP contribution in [0, 0.1) is 54.3 Å². The Bertz CT molecular complexity index is 2480. The number of likely N-dealkylation sites (N-methyl/N-ethyl adjacent to an activating group) is 1. The Hall–Kier alpha value is -6.28. The molecule has 19 heteroatoms. The van der Waals surface area contributed by atoms with Crippen LogP contribution in [0.1, 0.15) is 174 Å². The first-order chi connectivity index (χ1) is 36.8. The van der Waals surface area contributed by atoms with Gasteiger partial charge in [-0.05, 0) is 122 Å². The molecule has 79 heavy (non-hydrogen) atoms. The molecule has 1 heterocycles. The number of phenols is 1. The maximum atomic E-state index is 14.4. The number of amides is 3. The number of phenolic OH excluding ortho intramolecular Hbond substituents is 1. The highest BCUT2D eigenvalue weighted by atomic mass is 32.1. The van der Waals surface area contributed by atoms with E-state index < -0.39 is 82.4 Å². The minimum Gasteiger partial charge on any atom is -0.506 e. The van der Waals surface area contributed by atoms with Crippen molar-refractivity contribution in [3.05, 3.63) is 39.8 Å². The molecular formula is C60H87N5O13S. The fourth-order valence-corrected chi connectivity index (χ4v) is 9.54. The van der Waals surface area contributed by atoms with Crippen molar-refractivity contribution in [3.63, 3.8) is 0 Å². The Labute approximate surface area is 472 Å². The molecule has 1 aromatic carbocycles.